The highest BCUT2D eigenvalue weighted by atomic mass is 79.9. The van der Waals surface area contributed by atoms with Crippen molar-refractivity contribution in [3.63, 3.8) is 0 Å². The third kappa shape index (κ3) is 5.41. The Labute approximate surface area is 205 Å². The molecule has 33 heavy (non-hydrogen) atoms. The number of halogens is 2. The van der Waals surface area contributed by atoms with E-state index in [0.29, 0.717) is 21.3 Å². The van der Waals surface area contributed by atoms with Gasteiger partial charge in [-0.15, -0.1) is 0 Å². The molecule has 0 saturated heterocycles. The fraction of sp³-hybridized carbons (Fsp3) is 0. The fourth-order valence-electron chi connectivity index (χ4n) is 2.94. The zero-order chi connectivity index (χ0) is 23.4. The van der Waals surface area contributed by atoms with Crippen LogP contribution in [0, 0.1) is 10.1 Å². The first kappa shape index (κ1) is 22.6. The molecule has 0 aliphatic rings. The zero-order valence-corrected chi connectivity index (χ0v) is 20.0. The average Bonchev–Trinajstić information content (AvgIpc) is 3.23. The molecule has 4 aromatic rings. The first-order valence-corrected chi connectivity index (χ1v) is 11.1. The predicted molar refractivity (Wildman–Crippen MR) is 135 cm³/mol. The summed E-state index contributed by atoms with van der Waals surface area (Å²) < 4.78 is 2.77. The molecule has 0 aliphatic carbocycles. The maximum atomic E-state index is 11.0. The standard InChI is InChI=1S/C23H15Br2N5O3/c24-18-10-17(22(31)20(25)11-18)13-26-23-28-21(16-6-2-1-3-7-16)14-29(23)27-12-15-5-4-8-19(9-15)30(32)33/h1-14,31H. The van der Waals surface area contributed by atoms with E-state index in [4.69, 9.17) is 0 Å². The number of hydrogen-bond donors (Lipinski definition) is 1. The number of benzene rings is 3. The molecule has 1 heterocycles. The highest BCUT2D eigenvalue weighted by Crippen LogP contribution is 2.31. The summed E-state index contributed by atoms with van der Waals surface area (Å²) in [7, 11) is 0. The normalized spacial score (nSPS) is 11.5. The number of non-ortho nitro benzene ring substituents is 1. The second kappa shape index (κ2) is 9.88. The summed E-state index contributed by atoms with van der Waals surface area (Å²) in [5.74, 6) is 0.314. The minimum absolute atomic E-state index is 0.0245. The van der Waals surface area contributed by atoms with Crippen LogP contribution in [0.3, 0.4) is 0 Å². The fourth-order valence-corrected chi connectivity index (χ4v) is 4.20. The topological polar surface area (TPSA) is 106 Å². The Kier molecular flexibility index (Phi) is 6.76. The Bertz CT molecular complexity index is 1380. The third-order valence-corrected chi connectivity index (χ3v) is 5.59. The smallest absolute Gasteiger partial charge is 0.270 e. The molecule has 0 bridgehead atoms. The van der Waals surface area contributed by atoms with Crippen molar-refractivity contribution >= 4 is 55.9 Å². The van der Waals surface area contributed by atoms with Gasteiger partial charge in [-0.3, -0.25) is 10.1 Å². The van der Waals surface area contributed by atoms with Crippen molar-refractivity contribution in [3.8, 4) is 17.0 Å². The highest BCUT2D eigenvalue weighted by Gasteiger charge is 2.10. The van der Waals surface area contributed by atoms with Crippen molar-refractivity contribution in [3.05, 3.63) is 103 Å². The van der Waals surface area contributed by atoms with Crippen LogP contribution in [0.15, 0.2) is 92.0 Å². The van der Waals surface area contributed by atoms with Crippen molar-refractivity contribution in [2.24, 2.45) is 10.1 Å². The van der Waals surface area contributed by atoms with Crippen molar-refractivity contribution in [1.82, 2.24) is 9.66 Å². The van der Waals surface area contributed by atoms with Crippen LogP contribution >= 0.6 is 31.9 Å². The Hall–Kier alpha value is -3.63. The van der Waals surface area contributed by atoms with Crippen LogP contribution < -0.4 is 0 Å². The Morgan fingerprint density at radius 2 is 1.82 bits per heavy atom. The number of imidazole rings is 1. The molecule has 3 aromatic carbocycles. The Balaban J connectivity index is 1.74. The van der Waals surface area contributed by atoms with Gasteiger partial charge >= 0.3 is 0 Å². The summed E-state index contributed by atoms with van der Waals surface area (Å²) in [6.45, 7) is 0. The number of nitro benzene ring substituents is 1. The van der Waals surface area contributed by atoms with E-state index in [2.05, 4.69) is 46.9 Å². The molecule has 4 rings (SSSR count). The lowest BCUT2D eigenvalue weighted by molar-refractivity contribution is -0.384. The molecule has 0 fully saturated rings. The van der Waals surface area contributed by atoms with Gasteiger partial charge in [0.15, 0.2) is 0 Å². The van der Waals surface area contributed by atoms with Crippen molar-refractivity contribution < 1.29 is 10.0 Å². The van der Waals surface area contributed by atoms with Gasteiger partial charge < -0.3 is 5.11 Å². The summed E-state index contributed by atoms with van der Waals surface area (Å²) in [5, 5.41) is 25.7. The maximum absolute atomic E-state index is 11.0. The monoisotopic (exact) mass is 567 g/mol. The summed E-state index contributed by atoms with van der Waals surface area (Å²) in [6, 6.07) is 19.2. The largest absolute Gasteiger partial charge is 0.506 e. The summed E-state index contributed by atoms with van der Waals surface area (Å²) in [6.07, 6.45) is 4.70. The van der Waals surface area contributed by atoms with Crippen molar-refractivity contribution in [1.29, 1.82) is 0 Å². The van der Waals surface area contributed by atoms with Crippen LogP contribution in [0.4, 0.5) is 11.6 Å². The minimum Gasteiger partial charge on any atom is -0.506 e. The molecular formula is C23H15Br2N5O3. The molecule has 0 atom stereocenters. The van der Waals surface area contributed by atoms with Crippen LogP contribution in [-0.4, -0.2) is 32.1 Å². The number of hydrogen-bond acceptors (Lipinski definition) is 6. The molecule has 1 N–H and O–H groups in total. The quantitative estimate of drug-likeness (QED) is 0.167. The van der Waals surface area contributed by atoms with Gasteiger partial charge in [-0.25, -0.2) is 14.7 Å². The Morgan fingerprint density at radius 1 is 1.03 bits per heavy atom. The Morgan fingerprint density at radius 3 is 2.58 bits per heavy atom. The van der Waals surface area contributed by atoms with Gasteiger partial charge in [-0.05, 0) is 28.1 Å². The van der Waals surface area contributed by atoms with E-state index in [1.165, 1.54) is 29.2 Å². The lowest BCUT2D eigenvalue weighted by Gasteiger charge is -2.02. The predicted octanol–water partition coefficient (Wildman–Crippen LogP) is 6.32. The van der Waals surface area contributed by atoms with Crippen LogP contribution in [0.25, 0.3) is 11.3 Å². The summed E-state index contributed by atoms with van der Waals surface area (Å²) >= 11 is 6.70. The van der Waals surface area contributed by atoms with E-state index in [1.807, 2.05) is 30.3 Å². The van der Waals surface area contributed by atoms with Gasteiger partial charge in [-0.2, -0.15) is 5.10 Å². The van der Waals surface area contributed by atoms with Crippen LogP contribution in [0.2, 0.25) is 0 Å². The van der Waals surface area contributed by atoms with E-state index >= 15 is 0 Å². The summed E-state index contributed by atoms with van der Waals surface area (Å²) in [4.78, 5) is 19.6. The van der Waals surface area contributed by atoms with Crippen LogP contribution in [0.5, 0.6) is 5.75 Å². The minimum atomic E-state index is -0.458. The molecule has 0 aliphatic heterocycles. The van der Waals surface area contributed by atoms with Gasteiger partial charge in [0.25, 0.3) is 11.6 Å². The van der Waals surface area contributed by atoms with E-state index in [1.54, 1.807) is 30.5 Å². The number of nitrogens with zero attached hydrogens (tertiary/aromatic N) is 5. The average molecular weight is 569 g/mol. The number of aromatic nitrogens is 2. The first-order valence-electron chi connectivity index (χ1n) is 9.56. The van der Waals surface area contributed by atoms with Gasteiger partial charge in [0.2, 0.25) is 0 Å². The van der Waals surface area contributed by atoms with Gasteiger partial charge in [0, 0.05) is 39.5 Å². The summed E-state index contributed by atoms with van der Waals surface area (Å²) in [5.41, 5.74) is 2.55. The highest BCUT2D eigenvalue weighted by molar-refractivity contribution is 9.11. The maximum Gasteiger partial charge on any atom is 0.270 e. The van der Waals surface area contributed by atoms with Gasteiger partial charge in [0.05, 0.1) is 27.5 Å². The van der Waals surface area contributed by atoms with E-state index < -0.39 is 4.92 Å². The first-order chi connectivity index (χ1) is 15.9. The van der Waals surface area contributed by atoms with Crippen molar-refractivity contribution in [2.45, 2.75) is 0 Å². The zero-order valence-electron chi connectivity index (χ0n) is 16.8. The second-order valence-electron chi connectivity index (χ2n) is 6.82. The molecular weight excluding hydrogens is 554 g/mol. The van der Waals surface area contributed by atoms with E-state index in [-0.39, 0.29) is 17.4 Å². The number of aromatic hydroxyl groups is 1. The lowest BCUT2D eigenvalue weighted by atomic mass is 10.2. The van der Waals surface area contributed by atoms with Crippen LogP contribution in [-0.2, 0) is 0 Å². The number of phenolic OH excluding ortho intramolecular Hbond substituents is 1. The molecule has 0 spiro atoms. The van der Waals surface area contributed by atoms with Crippen LogP contribution in [0.1, 0.15) is 11.1 Å². The number of rotatable bonds is 6. The third-order valence-electron chi connectivity index (χ3n) is 4.53. The van der Waals surface area contributed by atoms with Gasteiger partial charge in [0.1, 0.15) is 5.75 Å². The van der Waals surface area contributed by atoms with Crippen molar-refractivity contribution in [2.75, 3.05) is 0 Å². The lowest BCUT2D eigenvalue weighted by Crippen LogP contribution is -1.92. The van der Waals surface area contributed by atoms with Gasteiger partial charge in [-0.1, -0.05) is 58.4 Å². The second-order valence-corrected chi connectivity index (χ2v) is 8.59. The SMILES string of the molecule is O=[N+]([O-])c1cccc(C=Nn2cc(-c3ccccc3)nc2N=Cc2cc(Br)cc(Br)c2O)c1. The molecule has 0 saturated carbocycles. The molecule has 0 radical (unpaired) electrons. The number of phenols is 1. The molecule has 164 valence electrons. The molecule has 8 nitrogen and oxygen atoms in total. The molecule has 10 heteroatoms. The number of aliphatic imine (C=N–C) groups is 1. The number of nitro groups is 1. The molecule has 0 amide bonds. The molecule has 1 aromatic heterocycles. The molecule has 0 unspecified atom stereocenters. The van der Waals surface area contributed by atoms with E-state index in [9.17, 15) is 15.2 Å². The van der Waals surface area contributed by atoms with E-state index in [0.717, 1.165) is 10.0 Å².